The van der Waals surface area contributed by atoms with Gasteiger partial charge in [-0.2, -0.15) is 24.8 Å². The third-order valence-electron chi connectivity index (χ3n) is 26.0. The molecule has 19 N–H and O–H groups in total. The van der Waals surface area contributed by atoms with E-state index in [0.29, 0.717) is 88.5 Å². The highest BCUT2D eigenvalue weighted by Crippen LogP contribution is 2.48. The van der Waals surface area contributed by atoms with Crippen molar-refractivity contribution in [2.24, 2.45) is 40.9 Å². The molecular weight excluding hydrogens is 1910 g/mol. The molecule has 0 aliphatic heterocycles. The Kier molecular flexibility index (Phi) is 42.3. The van der Waals surface area contributed by atoms with Gasteiger partial charge in [0, 0.05) is 148 Å². The van der Waals surface area contributed by atoms with Crippen LogP contribution in [0.15, 0.2) is 286 Å². The summed E-state index contributed by atoms with van der Waals surface area (Å²) < 4.78 is 22.5. The maximum Gasteiger partial charge on any atom is 0.354 e. The van der Waals surface area contributed by atoms with E-state index >= 15 is 0 Å². The van der Waals surface area contributed by atoms with E-state index in [1.54, 1.807) is 102 Å². The van der Waals surface area contributed by atoms with Gasteiger partial charge in [0.25, 0.3) is 11.8 Å². The van der Waals surface area contributed by atoms with Crippen molar-refractivity contribution in [1.82, 2.24) is 54.6 Å². The maximum absolute atomic E-state index is 13.4. The van der Waals surface area contributed by atoms with E-state index in [0.717, 1.165) is 155 Å². The van der Waals surface area contributed by atoms with Crippen molar-refractivity contribution in [2.75, 3.05) is 74.4 Å². The molecule has 0 spiro atoms. The van der Waals surface area contributed by atoms with Crippen LogP contribution in [0.2, 0.25) is 0 Å². The van der Waals surface area contributed by atoms with Crippen LogP contribution in [0.5, 0.6) is 0 Å². The minimum absolute atomic E-state index is 0. The number of aromatic nitrogens is 10. The van der Waals surface area contributed by atoms with Crippen LogP contribution in [0, 0.1) is 62.3 Å². The number of aromatic carboxylic acids is 1. The summed E-state index contributed by atoms with van der Waals surface area (Å²) >= 11 is 0. The average Bonchev–Trinajstić information content (AvgIpc) is 1.51. The Morgan fingerprint density at radius 2 is 0.803 bits per heavy atom. The Morgan fingerprint density at radius 1 is 0.463 bits per heavy atom. The van der Waals surface area contributed by atoms with Crippen molar-refractivity contribution in [3.63, 3.8) is 0 Å². The molecule has 774 valence electrons. The van der Waals surface area contributed by atoms with Gasteiger partial charge in [-0.3, -0.25) is 34.1 Å². The molecule has 4 aliphatic carbocycles. The Balaban J connectivity index is 0.000000187. The zero-order valence-corrected chi connectivity index (χ0v) is 84.5. The largest absolute Gasteiger partial charge is 0.477 e. The number of carbonyl (C=O) groups excluding carboxylic acids is 2. The standard InChI is InChI=1S/C30H29N5O2.C30H33N5O2.C18H22N2O.C17H20N2O.C12H9N3O2.C4H13N3.CH4Cl2O2S.2CH4/c1-21-16-28(35(34-21)27-10-4-8-25(18-27)31-2)29(37)33-26-9-3-6-23(17-26)30(20-36,14-13-22-11-12-22)24-7-5-15-32-19-24;1-21-15-28(35(34-21)27-9-2-5-23(16-27)18-31)29(37)33-26-8-3-6-24(17-26)30(20-36,13-12-22-10-11-22)25-7-4-14-32-19-25;19-17-5-1-3-15(11-17)18(13-21,9-8-14-6-7-14)16-4-2-10-20-12-16;18-16-5-1-3-14(11-16)17(20,9-8-13-6-7-13)15-4-2-10-19-12-15;1-8-5-11(12(16)17)15(14-8)10-4-2-3-9(6-10)7-13;5-1-3-7-4-2-6;1-6(2,3,4)5;;/h3-10,15-19,22,36H,11-14,20H2,1H3,(H,33,37);2-9,14-17,19,22,36H,10-13,18,20,31H2,1H3,(H,33,37);1-5,10-12,14,21H,6-9,13,19H2;1-5,10-13,20H,6-9,18H2;2-6H,1H3,(H,16,17);7H,1-6H2;1H3,(H,4,5);2*1H4. The smallest absolute Gasteiger partial charge is 0.354 e. The topological polar surface area (TPSA) is 489 Å². The first kappa shape index (κ1) is 115. The number of nitrogens with two attached hydrogens (primary N) is 5. The van der Waals surface area contributed by atoms with Gasteiger partial charge in [-0.25, -0.2) is 23.7 Å². The quantitative estimate of drug-likeness (QED) is 0.00750. The second kappa shape index (κ2) is 54.0. The van der Waals surface area contributed by atoms with Gasteiger partial charge in [-0.1, -0.05) is 177 Å². The highest BCUT2D eigenvalue weighted by Gasteiger charge is 2.41. The number of aliphatic hydroxyl groups excluding tert-OH is 3. The number of nitriles is 1. The fourth-order valence-corrected chi connectivity index (χ4v) is 17.5. The van der Waals surface area contributed by atoms with Gasteiger partial charge in [-0.05, 0) is 274 Å². The van der Waals surface area contributed by atoms with E-state index in [1.165, 1.54) is 62.1 Å². The lowest BCUT2D eigenvalue weighted by atomic mass is 9.72. The highest BCUT2D eigenvalue weighted by atomic mass is 36.0. The third-order valence-corrected chi connectivity index (χ3v) is 26.0. The first-order chi connectivity index (χ1) is 69.7. The minimum Gasteiger partial charge on any atom is -0.477 e. The van der Waals surface area contributed by atoms with Crippen LogP contribution in [0.1, 0.15) is 222 Å². The van der Waals surface area contributed by atoms with E-state index in [1.807, 2.05) is 202 Å². The summed E-state index contributed by atoms with van der Waals surface area (Å²) in [6.07, 6.45) is 32.9. The molecule has 4 unspecified atom stereocenters. The van der Waals surface area contributed by atoms with Crippen LogP contribution in [0.3, 0.4) is 0 Å². The number of carboxylic acid groups (broad SMARTS) is 1. The normalized spacial score (nSPS) is 14.6. The molecule has 4 aliphatic rings. The summed E-state index contributed by atoms with van der Waals surface area (Å²) in [5, 5.41) is 83.1. The van der Waals surface area contributed by atoms with Crippen LogP contribution in [-0.2, 0) is 36.2 Å². The van der Waals surface area contributed by atoms with Gasteiger partial charge < -0.3 is 70.2 Å². The summed E-state index contributed by atoms with van der Waals surface area (Å²) in [7, 11) is 5.16. The van der Waals surface area contributed by atoms with E-state index in [-0.39, 0.29) is 52.2 Å². The van der Waals surface area contributed by atoms with Crippen molar-refractivity contribution in [1.29, 1.82) is 5.26 Å². The molecule has 7 heterocycles. The number of nitrogens with one attached hydrogen (secondary N) is 3. The van der Waals surface area contributed by atoms with Crippen LogP contribution >= 0.6 is 21.4 Å². The predicted molar refractivity (Wildman–Crippen MR) is 585 cm³/mol. The molecule has 7 aromatic heterocycles. The van der Waals surface area contributed by atoms with Gasteiger partial charge in [0.15, 0.2) is 11.4 Å². The molecular formula is C114H138Cl2N20O10S. The lowest BCUT2D eigenvalue weighted by molar-refractivity contribution is 0.0665. The first-order valence-electron chi connectivity index (χ1n) is 48.6. The lowest BCUT2D eigenvalue weighted by Crippen LogP contribution is -2.32. The van der Waals surface area contributed by atoms with Crippen molar-refractivity contribution in [3.05, 3.63) is 387 Å². The molecule has 33 heteroatoms. The summed E-state index contributed by atoms with van der Waals surface area (Å²) in [5.41, 5.74) is 42.7. The fourth-order valence-electron chi connectivity index (χ4n) is 17.5. The van der Waals surface area contributed by atoms with Crippen LogP contribution in [0.25, 0.3) is 21.9 Å². The summed E-state index contributed by atoms with van der Waals surface area (Å²) in [4.78, 5) is 58.4. The monoisotopic (exact) mass is 2050 g/mol. The van der Waals surface area contributed by atoms with Crippen LogP contribution in [0.4, 0.5) is 28.4 Å². The molecule has 0 saturated heterocycles. The van der Waals surface area contributed by atoms with E-state index < -0.39 is 35.6 Å². The van der Waals surface area contributed by atoms with Gasteiger partial charge in [-0.15, -0.1) is 0 Å². The van der Waals surface area contributed by atoms with Crippen LogP contribution in [-0.4, -0.2) is 154 Å². The zero-order chi connectivity index (χ0) is 104. The number of nitrogens with zero attached hydrogens (tertiary/aromatic N) is 12. The predicted octanol–water partition coefficient (Wildman–Crippen LogP) is 19.6. The lowest BCUT2D eigenvalue weighted by Gasteiger charge is -2.33. The molecule has 30 nitrogen and oxygen atoms in total. The minimum atomic E-state index is -4.16. The Bertz CT molecular complexity index is 6740. The van der Waals surface area contributed by atoms with Crippen molar-refractivity contribution in [3.8, 4) is 23.1 Å². The van der Waals surface area contributed by atoms with Gasteiger partial charge in [0.1, 0.15) is 17.0 Å². The van der Waals surface area contributed by atoms with E-state index in [9.17, 15) is 39.0 Å². The maximum atomic E-state index is 13.4. The second-order valence-electron chi connectivity index (χ2n) is 37.4. The number of benzene rings is 7. The zero-order valence-electron chi connectivity index (χ0n) is 82.1. The number of aliphatic hydroxyl groups is 4. The summed E-state index contributed by atoms with van der Waals surface area (Å²) in [6, 6.07) is 74.9. The molecule has 4 saturated carbocycles. The average molecular weight is 2050 g/mol. The number of carbonyl (C=O) groups is 3. The molecule has 4 fully saturated rings. The number of rotatable bonds is 36. The molecule has 7 aromatic carbocycles. The third kappa shape index (κ3) is 33.3. The number of nitrogen functional groups attached to an aromatic ring is 2. The molecule has 4 atom stereocenters. The van der Waals surface area contributed by atoms with Gasteiger partial charge in [0.2, 0.25) is 0 Å². The number of halogens is 2. The number of carboxylic acids is 1. The number of pyridine rings is 4. The Labute approximate surface area is 870 Å². The van der Waals surface area contributed by atoms with Crippen molar-refractivity contribution in [2.45, 2.75) is 167 Å². The van der Waals surface area contributed by atoms with Gasteiger partial charge >= 0.3 is 5.97 Å². The SMILES string of the molecule is C.C.CS(=O)(O)(Cl)Cl.Cc1cc(C(=O)Nc2cccc(C(CO)(CCC3CC3)c3cccnc3)c2)n(-c2cccc(CN)c2)n1.Cc1cc(C(=O)O)n(-c2cccc(C#N)c2)n1.NCCNCCN.Nc1cccc(C(CO)(CCC2CC2)c2cccnc2)c1.Nc1cccc(C(O)(CCC2CC2)c2cccnc2)c1.[C-]#[N+]c1cccc(-n2nc(C)cc2C(=O)Nc2cccc(C(CO)(CCC3CC3)c3cccnc3)c2)c1. The summed E-state index contributed by atoms with van der Waals surface area (Å²) in [6.45, 7) is 16.2. The van der Waals surface area contributed by atoms with Crippen LogP contribution < -0.4 is 44.6 Å². The molecule has 0 bridgehead atoms. The number of aryl methyl sites for hydroxylation is 3. The molecule has 147 heavy (non-hydrogen) atoms. The Hall–Kier alpha value is -13.9. The van der Waals surface area contributed by atoms with E-state index in [2.05, 4.69) is 89.5 Å². The fraction of sp³-hybridized carbons (Fsp3) is 0.333. The van der Waals surface area contributed by atoms with E-state index in [4.69, 9.17) is 50.2 Å². The molecule has 18 rings (SSSR count). The Morgan fingerprint density at radius 3 is 1.17 bits per heavy atom. The van der Waals surface area contributed by atoms with Crippen molar-refractivity contribution < 1.29 is 48.7 Å². The van der Waals surface area contributed by atoms with Gasteiger partial charge in [0.05, 0.1) is 78.4 Å². The highest BCUT2D eigenvalue weighted by molar-refractivity contribution is 8.49. The number of hydrogen-bond donors (Lipinski definition) is 14. The first-order valence-corrected chi connectivity index (χ1v) is 52.6. The van der Waals surface area contributed by atoms with Crippen molar-refractivity contribution >= 4 is 75.4 Å². The number of amides is 2. The molecule has 2 amide bonds. The number of hydrogen-bond acceptors (Lipinski definition) is 22. The molecule has 0 radical (unpaired) electrons. The second-order valence-corrected chi connectivity index (χ2v) is 44.3. The summed E-state index contributed by atoms with van der Waals surface area (Å²) in [5.74, 6) is 1.44. The molecule has 14 aromatic rings. The number of anilines is 4.